The van der Waals surface area contributed by atoms with Crippen LogP contribution in [-0.4, -0.2) is 16.5 Å². The van der Waals surface area contributed by atoms with E-state index in [1.807, 2.05) is 0 Å². The van der Waals surface area contributed by atoms with Gasteiger partial charge in [-0.15, -0.1) is 0 Å². The highest BCUT2D eigenvalue weighted by Crippen LogP contribution is 2.39. The standard InChI is InChI=1S/C18H23N3/c1-4-9-19-17-11-16(12(2)3)20-18(21-17)15-10-13-7-5-6-8-14(13)15/h5-8,11-12,15H,4,9-10H2,1-3H3,(H,19,20,21). The third kappa shape index (κ3) is 2.78. The fourth-order valence-electron chi connectivity index (χ4n) is 2.77. The largest absolute Gasteiger partial charge is 0.370 e. The monoisotopic (exact) mass is 281 g/mol. The molecule has 1 unspecified atom stereocenters. The maximum absolute atomic E-state index is 4.81. The number of fused-ring (bicyclic) bond motifs is 1. The minimum Gasteiger partial charge on any atom is -0.370 e. The maximum atomic E-state index is 4.81. The summed E-state index contributed by atoms with van der Waals surface area (Å²) in [6, 6.07) is 10.7. The fraction of sp³-hybridized carbons (Fsp3) is 0.444. The Kier molecular flexibility index (Phi) is 3.91. The number of benzene rings is 1. The highest BCUT2D eigenvalue weighted by molar-refractivity contribution is 5.46. The lowest BCUT2D eigenvalue weighted by atomic mass is 9.77. The van der Waals surface area contributed by atoms with Crippen LogP contribution in [-0.2, 0) is 6.42 Å². The smallest absolute Gasteiger partial charge is 0.138 e. The first-order valence-corrected chi connectivity index (χ1v) is 7.89. The second-order valence-electron chi connectivity index (χ2n) is 6.07. The highest BCUT2D eigenvalue weighted by Gasteiger charge is 2.30. The normalized spacial score (nSPS) is 16.5. The molecule has 1 heterocycles. The van der Waals surface area contributed by atoms with Crippen molar-refractivity contribution in [3.63, 3.8) is 0 Å². The maximum Gasteiger partial charge on any atom is 0.138 e. The van der Waals surface area contributed by atoms with Gasteiger partial charge in [-0.25, -0.2) is 9.97 Å². The molecule has 0 aliphatic heterocycles. The molecule has 1 aromatic heterocycles. The summed E-state index contributed by atoms with van der Waals surface area (Å²) in [5.41, 5.74) is 3.95. The predicted molar refractivity (Wildman–Crippen MR) is 86.9 cm³/mol. The van der Waals surface area contributed by atoms with Crippen molar-refractivity contribution in [2.24, 2.45) is 0 Å². The van der Waals surface area contributed by atoms with Crippen LogP contribution in [0.4, 0.5) is 5.82 Å². The molecule has 0 saturated carbocycles. The Hall–Kier alpha value is -1.90. The van der Waals surface area contributed by atoms with E-state index in [9.17, 15) is 0 Å². The molecular formula is C18H23N3. The zero-order valence-electron chi connectivity index (χ0n) is 13.1. The van der Waals surface area contributed by atoms with Gasteiger partial charge in [0.1, 0.15) is 11.6 Å². The molecule has 0 bridgehead atoms. The van der Waals surface area contributed by atoms with E-state index in [4.69, 9.17) is 9.97 Å². The topological polar surface area (TPSA) is 37.8 Å². The Balaban J connectivity index is 1.93. The Labute approximate surface area is 126 Å². The number of aromatic nitrogens is 2. The molecule has 1 N–H and O–H groups in total. The molecule has 0 spiro atoms. The summed E-state index contributed by atoms with van der Waals surface area (Å²) in [5.74, 6) is 2.72. The van der Waals surface area contributed by atoms with Crippen LogP contribution in [0.2, 0.25) is 0 Å². The zero-order valence-corrected chi connectivity index (χ0v) is 13.1. The molecule has 1 aliphatic rings. The van der Waals surface area contributed by atoms with Gasteiger partial charge in [0.25, 0.3) is 0 Å². The first-order chi connectivity index (χ1) is 10.2. The van der Waals surface area contributed by atoms with Gasteiger partial charge in [-0.2, -0.15) is 0 Å². The summed E-state index contributed by atoms with van der Waals surface area (Å²) in [6.45, 7) is 7.49. The van der Waals surface area contributed by atoms with Gasteiger partial charge >= 0.3 is 0 Å². The van der Waals surface area contributed by atoms with Crippen LogP contribution in [0.1, 0.15) is 61.7 Å². The van der Waals surface area contributed by atoms with E-state index < -0.39 is 0 Å². The minimum absolute atomic E-state index is 0.363. The molecule has 3 nitrogen and oxygen atoms in total. The Morgan fingerprint density at radius 1 is 1.24 bits per heavy atom. The van der Waals surface area contributed by atoms with Crippen LogP contribution in [0.15, 0.2) is 30.3 Å². The van der Waals surface area contributed by atoms with Crippen LogP contribution < -0.4 is 5.32 Å². The molecule has 0 radical (unpaired) electrons. The van der Waals surface area contributed by atoms with Crippen molar-refractivity contribution in [2.45, 2.75) is 45.4 Å². The van der Waals surface area contributed by atoms with Crippen LogP contribution >= 0.6 is 0 Å². The van der Waals surface area contributed by atoms with E-state index in [0.717, 1.165) is 36.7 Å². The van der Waals surface area contributed by atoms with Crippen molar-refractivity contribution in [3.8, 4) is 0 Å². The molecule has 21 heavy (non-hydrogen) atoms. The molecular weight excluding hydrogens is 258 g/mol. The SMILES string of the molecule is CCCNc1cc(C(C)C)nc(C2Cc3ccccc32)n1. The van der Waals surface area contributed by atoms with Gasteiger partial charge in [-0.1, -0.05) is 45.0 Å². The second kappa shape index (κ2) is 5.84. The van der Waals surface area contributed by atoms with Gasteiger partial charge in [0, 0.05) is 24.2 Å². The molecule has 2 aromatic rings. The average molecular weight is 281 g/mol. The number of rotatable bonds is 5. The number of nitrogens with one attached hydrogen (secondary N) is 1. The lowest BCUT2D eigenvalue weighted by Crippen LogP contribution is -2.21. The van der Waals surface area contributed by atoms with Crippen LogP contribution in [0, 0.1) is 0 Å². The van der Waals surface area contributed by atoms with E-state index in [0.29, 0.717) is 11.8 Å². The zero-order chi connectivity index (χ0) is 14.8. The van der Waals surface area contributed by atoms with Gasteiger partial charge in [-0.3, -0.25) is 0 Å². The lowest BCUT2D eigenvalue weighted by Gasteiger charge is -2.29. The Morgan fingerprint density at radius 2 is 2.05 bits per heavy atom. The summed E-state index contributed by atoms with van der Waals surface area (Å²) in [4.78, 5) is 9.56. The van der Waals surface area contributed by atoms with Crippen molar-refractivity contribution in [1.29, 1.82) is 0 Å². The Bertz CT molecular complexity index is 634. The van der Waals surface area contributed by atoms with Gasteiger partial charge in [0.05, 0.1) is 0 Å². The fourth-order valence-corrected chi connectivity index (χ4v) is 2.77. The second-order valence-corrected chi connectivity index (χ2v) is 6.07. The molecule has 0 fully saturated rings. The molecule has 0 saturated heterocycles. The van der Waals surface area contributed by atoms with Crippen molar-refractivity contribution < 1.29 is 0 Å². The van der Waals surface area contributed by atoms with Crippen molar-refractivity contribution >= 4 is 5.82 Å². The summed E-state index contributed by atoms with van der Waals surface area (Å²) in [5, 5.41) is 3.41. The van der Waals surface area contributed by atoms with E-state index in [1.165, 1.54) is 11.1 Å². The molecule has 1 aliphatic carbocycles. The van der Waals surface area contributed by atoms with E-state index in [2.05, 4.69) is 56.4 Å². The first-order valence-electron chi connectivity index (χ1n) is 7.89. The van der Waals surface area contributed by atoms with Gasteiger partial charge in [-0.05, 0) is 29.9 Å². The summed E-state index contributed by atoms with van der Waals surface area (Å²) in [6.07, 6.45) is 2.16. The Morgan fingerprint density at radius 3 is 2.76 bits per heavy atom. The number of anilines is 1. The molecule has 3 rings (SSSR count). The molecule has 1 atom stereocenters. The van der Waals surface area contributed by atoms with Crippen LogP contribution in [0.3, 0.4) is 0 Å². The third-order valence-corrected chi connectivity index (χ3v) is 4.08. The molecule has 3 heteroatoms. The summed E-state index contributed by atoms with van der Waals surface area (Å²) >= 11 is 0. The molecule has 1 aromatic carbocycles. The molecule has 110 valence electrons. The van der Waals surface area contributed by atoms with E-state index >= 15 is 0 Å². The summed E-state index contributed by atoms with van der Waals surface area (Å²) < 4.78 is 0. The van der Waals surface area contributed by atoms with Crippen LogP contribution in [0.5, 0.6) is 0 Å². The number of hydrogen-bond donors (Lipinski definition) is 1. The number of nitrogens with zero attached hydrogens (tertiary/aromatic N) is 2. The minimum atomic E-state index is 0.363. The van der Waals surface area contributed by atoms with Gasteiger partial charge in [0.2, 0.25) is 0 Å². The molecule has 0 amide bonds. The highest BCUT2D eigenvalue weighted by atomic mass is 15.0. The first kappa shape index (κ1) is 14.1. The average Bonchev–Trinajstić information content (AvgIpc) is 2.46. The van der Waals surface area contributed by atoms with Gasteiger partial charge in [0.15, 0.2) is 0 Å². The van der Waals surface area contributed by atoms with Gasteiger partial charge < -0.3 is 5.32 Å². The van der Waals surface area contributed by atoms with Crippen LogP contribution in [0.25, 0.3) is 0 Å². The quantitative estimate of drug-likeness (QED) is 0.896. The van der Waals surface area contributed by atoms with Crippen molar-refractivity contribution in [3.05, 3.63) is 53.0 Å². The summed E-state index contributed by atoms with van der Waals surface area (Å²) in [7, 11) is 0. The van der Waals surface area contributed by atoms with E-state index in [1.54, 1.807) is 0 Å². The van der Waals surface area contributed by atoms with Crippen molar-refractivity contribution in [2.75, 3.05) is 11.9 Å². The number of hydrogen-bond acceptors (Lipinski definition) is 3. The predicted octanol–water partition coefficient (Wildman–Crippen LogP) is 4.11. The third-order valence-electron chi connectivity index (χ3n) is 4.08. The van der Waals surface area contributed by atoms with E-state index in [-0.39, 0.29) is 0 Å². The lowest BCUT2D eigenvalue weighted by molar-refractivity contribution is 0.647. The van der Waals surface area contributed by atoms with Crippen molar-refractivity contribution in [1.82, 2.24) is 9.97 Å².